The summed E-state index contributed by atoms with van der Waals surface area (Å²) in [6, 6.07) is 8.33. The summed E-state index contributed by atoms with van der Waals surface area (Å²) in [4.78, 5) is 16.4. The van der Waals surface area contributed by atoms with E-state index in [0.29, 0.717) is 6.04 Å². The molecular weight excluding hydrogens is 252 g/mol. The molecule has 0 aromatic heterocycles. The molecule has 0 radical (unpaired) electrons. The Morgan fingerprint density at radius 2 is 1.75 bits per heavy atom. The molecule has 4 heteroatoms. The number of carbonyl (C=O) groups excluding carboxylic acids is 1. The Morgan fingerprint density at radius 1 is 1.15 bits per heavy atom. The molecule has 1 aliphatic heterocycles. The van der Waals surface area contributed by atoms with Crippen molar-refractivity contribution in [3.8, 4) is 5.75 Å². The maximum absolute atomic E-state index is 12.1. The molecule has 1 heterocycles. The summed E-state index contributed by atoms with van der Waals surface area (Å²) in [5.74, 6) is 0.832. The van der Waals surface area contributed by atoms with E-state index in [1.54, 1.807) is 0 Å². The Kier molecular flexibility index (Phi) is 5.01. The zero-order valence-electron chi connectivity index (χ0n) is 12.6. The van der Waals surface area contributed by atoms with Crippen LogP contribution in [0.15, 0.2) is 24.3 Å². The van der Waals surface area contributed by atoms with Gasteiger partial charge in [0.05, 0.1) is 0 Å². The summed E-state index contributed by atoms with van der Waals surface area (Å²) in [7, 11) is 0. The van der Waals surface area contributed by atoms with E-state index < -0.39 is 0 Å². The molecule has 0 atom stereocenters. The second-order valence-corrected chi connectivity index (χ2v) is 5.61. The van der Waals surface area contributed by atoms with Gasteiger partial charge >= 0.3 is 0 Å². The molecule has 1 aromatic carbocycles. The van der Waals surface area contributed by atoms with Gasteiger partial charge in [0, 0.05) is 32.2 Å². The number of rotatable bonds is 4. The van der Waals surface area contributed by atoms with Gasteiger partial charge in [0.2, 0.25) is 0 Å². The lowest BCUT2D eigenvalue weighted by atomic mass is 10.2. The number of amides is 1. The molecule has 1 saturated heterocycles. The predicted molar refractivity (Wildman–Crippen MR) is 80.0 cm³/mol. The summed E-state index contributed by atoms with van der Waals surface area (Å²) < 4.78 is 5.55. The standard InChI is InChI=1S/C16H24N2O2/c1-13(2)17-8-10-18(11-9-17)16(19)12-20-15-6-4-14(3)5-7-15/h4-7,13H,8-12H2,1-3H3. The smallest absolute Gasteiger partial charge is 0.260 e. The van der Waals surface area contributed by atoms with Crippen LogP contribution in [0, 0.1) is 6.92 Å². The highest BCUT2D eigenvalue weighted by atomic mass is 16.5. The van der Waals surface area contributed by atoms with Crippen LogP contribution in [0.4, 0.5) is 0 Å². The van der Waals surface area contributed by atoms with Crippen molar-refractivity contribution in [1.82, 2.24) is 9.80 Å². The highest BCUT2D eigenvalue weighted by molar-refractivity contribution is 5.77. The normalized spacial score (nSPS) is 16.5. The molecule has 1 fully saturated rings. The lowest BCUT2D eigenvalue weighted by molar-refractivity contribution is -0.135. The second-order valence-electron chi connectivity index (χ2n) is 5.61. The van der Waals surface area contributed by atoms with Gasteiger partial charge in [-0.05, 0) is 32.9 Å². The minimum Gasteiger partial charge on any atom is -0.484 e. The Morgan fingerprint density at radius 3 is 2.30 bits per heavy atom. The number of nitrogens with zero attached hydrogens (tertiary/aromatic N) is 2. The van der Waals surface area contributed by atoms with Crippen molar-refractivity contribution < 1.29 is 9.53 Å². The van der Waals surface area contributed by atoms with E-state index in [1.165, 1.54) is 5.56 Å². The summed E-state index contributed by atoms with van der Waals surface area (Å²) in [5, 5.41) is 0. The van der Waals surface area contributed by atoms with Crippen LogP contribution in [0.5, 0.6) is 5.75 Å². The molecule has 0 unspecified atom stereocenters. The number of carbonyl (C=O) groups is 1. The molecule has 0 saturated carbocycles. The topological polar surface area (TPSA) is 32.8 Å². The van der Waals surface area contributed by atoms with Crippen molar-refractivity contribution in [1.29, 1.82) is 0 Å². The number of benzene rings is 1. The van der Waals surface area contributed by atoms with E-state index in [0.717, 1.165) is 31.9 Å². The lowest BCUT2D eigenvalue weighted by Crippen LogP contribution is -2.51. The van der Waals surface area contributed by atoms with E-state index in [2.05, 4.69) is 18.7 Å². The van der Waals surface area contributed by atoms with Gasteiger partial charge in [-0.3, -0.25) is 9.69 Å². The quantitative estimate of drug-likeness (QED) is 0.842. The first-order valence-electron chi connectivity index (χ1n) is 7.27. The van der Waals surface area contributed by atoms with E-state index in [9.17, 15) is 4.79 Å². The van der Waals surface area contributed by atoms with Gasteiger partial charge in [0.15, 0.2) is 6.61 Å². The second kappa shape index (κ2) is 6.75. The van der Waals surface area contributed by atoms with Crippen molar-refractivity contribution in [2.45, 2.75) is 26.8 Å². The Balaban J connectivity index is 1.77. The van der Waals surface area contributed by atoms with E-state index >= 15 is 0 Å². The van der Waals surface area contributed by atoms with Crippen molar-refractivity contribution in [3.63, 3.8) is 0 Å². The molecule has 0 spiro atoms. The Hall–Kier alpha value is -1.55. The first-order valence-corrected chi connectivity index (χ1v) is 7.27. The zero-order valence-corrected chi connectivity index (χ0v) is 12.6. The fourth-order valence-corrected chi connectivity index (χ4v) is 2.36. The van der Waals surface area contributed by atoms with Gasteiger partial charge in [-0.1, -0.05) is 17.7 Å². The molecule has 1 aliphatic rings. The van der Waals surface area contributed by atoms with Crippen LogP contribution in [-0.4, -0.2) is 54.5 Å². The average Bonchev–Trinajstić information content (AvgIpc) is 2.46. The summed E-state index contributed by atoms with van der Waals surface area (Å²) in [6.45, 7) is 10.0. The van der Waals surface area contributed by atoms with Gasteiger partial charge in [-0.2, -0.15) is 0 Å². The summed E-state index contributed by atoms with van der Waals surface area (Å²) in [5.41, 5.74) is 1.19. The number of aryl methyl sites for hydroxylation is 1. The van der Waals surface area contributed by atoms with Gasteiger partial charge in [0.1, 0.15) is 5.75 Å². The number of ether oxygens (including phenoxy) is 1. The zero-order chi connectivity index (χ0) is 14.5. The third-order valence-electron chi connectivity index (χ3n) is 3.78. The van der Waals surface area contributed by atoms with Gasteiger partial charge < -0.3 is 9.64 Å². The molecule has 4 nitrogen and oxygen atoms in total. The van der Waals surface area contributed by atoms with Crippen molar-refractivity contribution in [2.75, 3.05) is 32.8 Å². The van der Waals surface area contributed by atoms with Gasteiger partial charge in [0.25, 0.3) is 5.91 Å². The van der Waals surface area contributed by atoms with Crippen LogP contribution < -0.4 is 4.74 Å². The molecule has 20 heavy (non-hydrogen) atoms. The molecule has 0 N–H and O–H groups in total. The fraction of sp³-hybridized carbons (Fsp3) is 0.562. The van der Waals surface area contributed by atoms with Crippen LogP contribution in [-0.2, 0) is 4.79 Å². The first kappa shape index (κ1) is 14.9. The first-order chi connectivity index (χ1) is 9.56. The maximum atomic E-state index is 12.1. The predicted octanol–water partition coefficient (Wildman–Crippen LogP) is 1.93. The van der Waals surface area contributed by atoms with Crippen molar-refractivity contribution >= 4 is 5.91 Å². The molecule has 0 aliphatic carbocycles. The molecule has 1 aromatic rings. The number of hydrogen-bond donors (Lipinski definition) is 0. The molecule has 1 amide bonds. The number of piperazine rings is 1. The fourth-order valence-electron chi connectivity index (χ4n) is 2.36. The average molecular weight is 276 g/mol. The molecule has 0 bridgehead atoms. The Labute approximate surface area is 121 Å². The summed E-state index contributed by atoms with van der Waals surface area (Å²) >= 11 is 0. The highest BCUT2D eigenvalue weighted by Gasteiger charge is 2.22. The van der Waals surface area contributed by atoms with Crippen LogP contribution >= 0.6 is 0 Å². The van der Waals surface area contributed by atoms with Crippen molar-refractivity contribution in [3.05, 3.63) is 29.8 Å². The van der Waals surface area contributed by atoms with Gasteiger partial charge in [-0.15, -0.1) is 0 Å². The van der Waals surface area contributed by atoms with E-state index in [4.69, 9.17) is 4.74 Å². The third kappa shape index (κ3) is 3.97. The molecular formula is C16H24N2O2. The largest absolute Gasteiger partial charge is 0.484 e. The van der Waals surface area contributed by atoms with E-state index in [-0.39, 0.29) is 12.5 Å². The van der Waals surface area contributed by atoms with Crippen LogP contribution in [0.1, 0.15) is 19.4 Å². The van der Waals surface area contributed by atoms with Crippen LogP contribution in [0.25, 0.3) is 0 Å². The lowest BCUT2D eigenvalue weighted by Gasteiger charge is -2.36. The molecule has 2 rings (SSSR count). The SMILES string of the molecule is Cc1ccc(OCC(=O)N2CCN(C(C)C)CC2)cc1. The van der Waals surface area contributed by atoms with Crippen LogP contribution in [0.2, 0.25) is 0 Å². The molecule has 110 valence electrons. The number of hydrogen-bond acceptors (Lipinski definition) is 3. The van der Waals surface area contributed by atoms with Gasteiger partial charge in [-0.25, -0.2) is 0 Å². The van der Waals surface area contributed by atoms with Crippen LogP contribution in [0.3, 0.4) is 0 Å². The Bertz CT molecular complexity index is 434. The summed E-state index contributed by atoms with van der Waals surface area (Å²) in [6.07, 6.45) is 0. The minimum atomic E-state index is 0.0778. The highest BCUT2D eigenvalue weighted by Crippen LogP contribution is 2.12. The maximum Gasteiger partial charge on any atom is 0.260 e. The minimum absolute atomic E-state index is 0.0778. The van der Waals surface area contributed by atoms with E-state index in [1.807, 2.05) is 36.1 Å². The third-order valence-corrected chi connectivity index (χ3v) is 3.78. The monoisotopic (exact) mass is 276 g/mol. The van der Waals surface area contributed by atoms with Crippen molar-refractivity contribution in [2.24, 2.45) is 0 Å².